The SMILES string of the molecule is CCC(C)C(=O)Nc1cc(Oc2ccc(NC(=O)c3c(C)n(C)n(-c4ccccc4)c3=O)c(F)c2F)ccn1. The number of hydrogen-bond donors (Lipinski definition) is 2. The number of pyridine rings is 1. The van der Waals surface area contributed by atoms with Gasteiger partial charge in [0, 0.05) is 25.2 Å². The maximum atomic E-state index is 14.9. The molecule has 1 unspecified atom stereocenters. The van der Waals surface area contributed by atoms with Crippen LogP contribution in [0, 0.1) is 24.5 Å². The van der Waals surface area contributed by atoms with Gasteiger partial charge in [-0.1, -0.05) is 32.0 Å². The van der Waals surface area contributed by atoms with Gasteiger partial charge in [0.1, 0.15) is 17.1 Å². The third kappa shape index (κ3) is 5.57. The van der Waals surface area contributed by atoms with E-state index in [-0.39, 0.29) is 29.0 Å². The van der Waals surface area contributed by atoms with E-state index in [1.807, 2.05) is 6.92 Å². The van der Waals surface area contributed by atoms with Gasteiger partial charge in [-0.25, -0.2) is 14.1 Å². The van der Waals surface area contributed by atoms with Gasteiger partial charge in [-0.3, -0.25) is 19.1 Å². The number of carbonyl (C=O) groups is 2. The van der Waals surface area contributed by atoms with Crippen LogP contribution in [-0.4, -0.2) is 26.2 Å². The predicted molar refractivity (Wildman–Crippen MR) is 142 cm³/mol. The van der Waals surface area contributed by atoms with Crippen LogP contribution in [0.5, 0.6) is 11.5 Å². The summed E-state index contributed by atoms with van der Waals surface area (Å²) in [7, 11) is 1.62. The van der Waals surface area contributed by atoms with Crippen LogP contribution >= 0.6 is 0 Å². The summed E-state index contributed by atoms with van der Waals surface area (Å²) in [5, 5.41) is 4.93. The predicted octanol–water partition coefficient (Wildman–Crippen LogP) is 5.19. The third-order valence-electron chi connectivity index (χ3n) is 6.35. The first-order valence-corrected chi connectivity index (χ1v) is 12.2. The molecule has 0 saturated carbocycles. The third-order valence-corrected chi connectivity index (χ3v) is 6.35. The molecule has 11 heteroatoms. The Kier molecular flexibility index (Phi) is 7.89. The Balaban J connectivity index is 1.55. The lowest BCUT2D eigenvalue weighted by atomic mass is 10.1. The monoisotopic (exact) mass is 535 g/mol. The quantitative estimate of drug-likeness (QED) is 0.323. The molecule has 0 aliphatic carbocycles. The molecule has 0 saturated heterocycles. The fourth-order valence-corrected chi connectivity index (χ4v) is 3.83. The molecule has 0 bridgehead atoms. The summed E-state index contributed by atoms with van der Waals surface area (Å²) in [4.78, 5) is 42.2. The number of anilines is 2. The fourth-order valence-electron chi connectivity index (χ4n) is 3.83. The lowest BCUT2D eigenvalue weighted by molar-refractivity contribution is -0.119. The molecule has 0 radical (unpaired) electrons. The van der Waals surface area contributed by atoms with Gasteiger partial charge in [0.2, 0.25) is 11.7 Å². The Labute approximate surface area is 223 Å². The minimum Gasteiger partial charge on any atom is -0.454 e. The van der Waals surface area contributed by atoms with E-state index in [1.54, 1.807) is 51.2 Å². The number of ether oxygens (including phenoxy) is 1. The van der Waals surface area contributed by atoms with Gasteiger partial charge in [0.05, 0.1) is 17.1 Å². The summed E-state index contributed by atoms with van der Waals surface area (Å²) in [6.45, 7) is 5.23. The smallest absolute Gasteiger partial charge is 0.284 e. The Morgan fingerprint density at radius 1 is 1.05 bits per heavy atom. The molecule has 2 aromatic heterocycles. The van der Waals surface area contributed by atoms with Crippen LogP contribution in [0.3, 0.4) is 0 Å². The van der Waals surface area contributed by atoms with Crippen LogP contribution in [-0.2, 0) is 11.8 Å². The van der Waals surface area contributed by atoms with Crippen molar-refractivity contribution < 1.29 is 23.1 Å². The lowest BCUT2D eigenvalue weighted by Crippen LogP contribution is -2.25. The fraction of sp³-hybridized carbons (Fsp3) is 0.214. The van der Waals surface area contributed by atoms with E-state index < -0.39 is 34.5 Å². The Hall–Kier alpha value is -4.80. The van der Waals surface area contributed by atoms with Gasteiger partial charge in [0.25, 0.3) is 11.5 Å². The number of amides is 2. The van der Waals surface area contributed by atoms with Crippen LogP contribution < -0.4 is 20.9 Å². The standard InChI is InChI=1S/C28H27F2N5O4/c1-5-16(2)26(36)33-22-15-19(13-14-31-22)39-21-12-11-20(24(29)25(21)30)32-27(37)23-17(3)34(4)35(28(23)38)18-9-7-6-8-10-18/h6-16H,5H2,1-4H3,(H,32,37)(H,31,33,36). The van der Waals surface area contributed by atoms with E-state index in [4.69, 9.17) is 4.74 Å². The van der Waals surface area contributed by atoms with E-state index >= 15 is 0 Å². The molecule has 0 spiro atoms. The van der Waals surface area contributed by atoms with Crippen molar-refractivity contribution in [1.29, 1.82) is 0 Å². The van der Waals surface area contributed by atoms with Crippen molar-refractivity contribution in [3.8, 4) is 17.2 Å². The molecule has 202 valence electrons. The van der Waals surface area contributed by atoms with Crippen molar-refractivity contribution in [3.05, 3.63) is 94.0 Å². The molecule has 4 aromatic rings. The van der Waals surface area contributed by atoms with E-state index in [9.17, 15) is 23.2 Å². The van der Waals surface area contributed by atoms with Gasteiger partial charge in [0.15, 0.2) is 11.6 Å². The average molecular weight is 536 g/mol. The first-order valence-electron chi connectivity index (χ1n) is 12.2. The van der Waals surface area contributed by atoms with Crippen molar-refractivity contribution in [1.82, 2.24) is 14.3 Å². The lowest BCUT2D eigenvalue weighted by Gasteiger charge is -2.12. The molecular weight excluding hydrogens is 508 g/mol. The molecule has 2 N–H and O–H groups in total. The maximum absolute atomic E-state index is 14.9. The second kappa shape index (κ2) is 11.3. The minimum atomic E-state index is -1.36. The van der Waals surface area contributed by atoms with Crippen LogP contribution in [0.15, 0.2) is 65.6 Å². The second-order valence-electron chi connectivity index (χ2n) is 8.91. The molecule has 9 nitrogen and oxygen atoms in total. The van der Waals surface area contributed by atoms with E-state index in [2.05, 4.69) is 15.6 Å². The van der Waals surface area contributed by atoms with E-state index in [1.165, 1.54) is 27.7 Å². The highest BCUT2D eigenvalue weighted by Crippen LogP contribution is 2.31. The van der Waals surface area contributed by atoms with Crippen molar-refractivity contribution in [2.45, 2.75) is 27.2 Å². The number of aromatic nitrogens is 3. The number of halogens is 2. The summed E-state index contributed by atoms with van der Waals surface area (Å²) in [5.74, 6) is -4.19. The van der Waals surface area contributed by atoms with Crippen LogP contribution in [0.4, 0.5) is 20.3 Å². The number of para-hydroxylation sites is 1. The molecule has 0 aliphatic heterocycles. The maximum Gasteiger partial charge on any atom is 0.284 e. The van der Waals surface area contributed by atoms with Crippen molar-refractivity contribution in [2.24, 2.45) is 13.0 Å². The van der Waals surface area contributed by atoms with Crippen molar-refractivity contribution in [2.75, 3.05) is 10.6 Å². The molecule has 4 rings (SSSR count). The van der Waals surface area contributed by atoms with Gasteiger partial charge >= 0.3 is 0 Å². The van der Waals surface area contributed by atoms with E-state index in [0.717, 1.165) is 12.1 Å². The van der Waals surface area contributed by atoms with E-state index in [0.29, 0.717) is 17.8 Å². The summed E-state index contributed by atoms with van der Waals surface area (Å²) >= 11 is 0. The highest BCUT2D eigenvalue weighted by atomic mass is 19.2. The number of nitrogens with one attached hydrogen (secondary N) is 2. The largest absolute Gasteiger partial charge is 0.454 e. The molecular formula is C28H27F2N5O4. The number of benzene rings is 2. The summed E-state index contributed by atoms with van der Waals surface area (Å²) in [6, 6.07) is 13.8. The number of rotatable bonds is 8. The Bertz CT molecular complexity index is 1600. The highest BCUT2D eigenvalue weighted by Gasteiger charge is 2.24. The summed E-state index contributed by atoms with van der Waals surface area (Å²) in [6.07, 6.45) is 2.00. The Morgan fingerprint density at radius 2 is 1.77 bits per heavy atom. The Morgan fingerprint density at radius 3 is 2.46 bits per heavy atom. The zero-order valence-electron chi connectivity index (χ0n) is 21.8. The zero-order chi connectivity index (χ0) is 28.3. The van der Waals surface area contributed by atoms with Gasteiger partial charge in [-0.05, 0) is 43.7 Å². The molecule has 2 aromatic carbocycles. The molecule has 2 heterocycles. The molecule has 0 fully saturated rings. The average Bonchev–Trinajstić information content (AvgIpc) is 3.15. The topological polar surface area (TPSA) is 107 Å². The number of nitrogens with zero attached hydrogens (tertiary/aromatic N) is 3. The molecule has 39 heavy (non-hydrogen) atoms. The van der Waals surface area contributed by atoms with Gasteiger partial charge in [-0.15, -0.1) is 0 Å². The number of hydrogen-bond acceptors (Lipinski definition) is 5. The van der Waals surface area contributed by atoms with Crippen LogP contribution in [0.1, 0.15) is 36.3 Å². The first-order chi connectivity index (χ1) is 18.6. The van der Waals surface area contributed by atoms with Crippen LogP contribution in [0.2, 0.25) is 0 Å². The summed E-state index contributed by atoms with van der Waals surface area (Å²) in [5.41, 5.74) is -0.380. The zero-order valence-corrected chi connectivity index (χ0v) is 21.8. The van der Waals surface area contributed by atoms with Crippen molar-refractivity contribution >= 4 is 23.3 Å². The minimum absolute atomic E-state index is 0.112. The second-order valence-corrected chi connectivity index (χ2v) is 8.91. The first kappa shape index (κ1) is 27.2. The molecule has 2 amide bonds. The summed E-state index contributed by atoms with van der Waals surface area (Å²) < 4.78 is 38.1. The van der Waals surface area contributed by atoms with Crippen LogP contribution in [0.25, 0.3) is 5.69 Å². The van der Waals surface area contributed by atoms with Gasteiger partial charge < -0.3 is 15.4 Å². The van der Waals surface area contributed by atoms with Gasteiger partial charge in [-0.2, -0.15) is 4.39 Å². The normalized spacial score (nSPS) is 11.6. The molecule has 0 aliphatic rings. The van der Waals surface area contributed by atoms with Crippen molar-refractivity contribution in [3.63, 3.8) is 0 Å². The highest BCUT2D eigenvalue weighted by molar-refractivity contribution is 6.05. The molecule has 1 atom stereocenters. The number of carbonyl (C=O) groups excluding carboxylic acids is 2.